The third kappa shape index (κ3) is 2.80. The zero-order valence-corrected chi connectivity index (χ0v) is 9.66. The number of hydrogen-bond acceptors (Lipinski definition) is 2. The van der Waals surface area contributed by atoms with Crippen molar-refractivity contribution in [1.29, 1.82) is 0 Å². The van der Waals surface area contributed by atoms with Gasteiger partial charge in [-0.15, -0.1) is 0 Å². The summed E-state index contributed by atoms with van der Waals surface area (Å²) < 4.78 is 11.8. The van der Waals surface area contributed by atoms with Crippen LogP contribution in [0.1, 0.15) is 18.6 Å². The second-order valence-corrected chi connectivity index (χ2v) is 4.40. The summed E-state index contributed by atoms with van der Waals surface area (Å²) in [5, 5.41) is 0. The highest BCUT2D eigenvalue weighted by Crippen LogP contribution is 2.21. The van der Waals surface area contributed by atoms with Crippen LogP contribution in [0.15, 0.2) is 28.7 Å². The lowest BCUT2D eigenvalue weighted by Gasteiger charge is -2.12. The Morgan fingerprint density at radius 2 is 2.14 bits per heavy atom. The van der Waals surface area contributed by atoms with Crippen molar-refractivity contribution in [2.24, 2.45) is 0 Å². The van der Waals surface area contributed by atoms with Crippen LogP contribution in [0.4, 0.5) is 0 Å². The number of halogens is 1. The van der Waals surface area contributed by atoms with Crippen LogP contribution < -0.4 is 0 Å². The van der Waals surface area contributed by atoms with Crippen molar-refractivity contribution in [2.45, 2.75) is 19.1 Å². The first kappa shape index (κ1) is 10.1. The van der Waals surface area contributed by atoms with Crippen molar-refractivity contribution in [2.75, 3.05) is 13.2 Å². The molecule has 1 aliphatic rings. The molecule has 0 bridgehead atoms. The molecule has 3 heteroatoms. The molecule has 1 fully saturated rings. The maximum atomic E-state index is 5.65. The first-order chi connectivity index (χ1) is 6.75. The highest BCUT2D eigenvalue weighted by Gasteiger charge is 2.23. The topological polar surface area (TPSA) is 21.8 Å². The van der Waals surface area contributed by atoms with Crippen LogP contribution >= 0.6 is 15.9 Å². The molecule has 2 atom stereocenters. The van der Waals surface area contributed by atoms with Gasteiger partial charge in [-0.3, -0.25) is 0 Å². The fraction of sp³-hybridized carbons (Fsp3) is 0.455. The van der Waals surface area contributed by atoms with E-state index in [1.165, 1.54) is 5.56 Å². The fourth-order valence-electron chi connectivity index (χ4n) is 1.25. The summed E-state index contributed by atoms with van der Waals surface area (Å²) in [6, 6.07) is 8.21. The van der Waals surface area contributed by atoms with Gasteiger partial charge in [-0.1, -0.05) is 28.1 Å². The van der Waals surface area contributed by atoms with Gasteiger partial charge in [-0.2, -0.15) is 0 Å². The zero-order chi connectivity index (χ0) is 9.97. The van der Waals surface area contributed by atoms with Gasteiger partial charge in [0.25, 0.3) is 0 Å². The number of ether oxygens (including phenoxy) is 2. The Morgan fingerprint density at radius 1 is 1.50 bits per heavy atom. The monoisotopic (exact) mass is 256 g/mol. The summed E-state index contributed by atoms with van der Waals surface area (Å²) in [5.41, 5.74) is 1.20. The molecule has 0 saturated carbocycles. The fourth-order valence-corrected chi connectivity index (χ4v) is 1.51. The molecule has 2 rings (SSSR count). The van der Waals surface area contributed by atoms with Crippen molar-refractivity contribution in [3.63, 3.8) is 0 Å². The molecule has 0 radical (unpaired) electrons. The van der Waals surface area contributed by atoms with E-state index < -0.39 is 0 Å². The quantitative estimate of drug-likeness (QED) is 0.773. The molecule has 1 heterocycles. The number of rotatable bonds is 4. The maximum Gasteiger partial charge on any atom is 0.104 e. The lowest BCUT2D eigenvalue weighted by Crippen LogP contribution is -2.05. The van der Waals surface area contributed by atoms with E-state index in [0.717, 1.165) is 11.1 Å². The van der Waals surface area contributed by atoms with E-state index in [2.05, 4.69) is 35.0 Å². The van der Waals surface area contributed by atoms with Gasteiger partial charge in [0.1, 0.15) is 6.10 Å². The minimum Gasteiger partial charge on any atom is -0.371 e. The van der Waals surface area contributed by atoms with Gasteiger partial charge in [0.2, 0.25) is 0 Å². The van der Waals surface area contributed by atoms with E-state index in [1.54, 1.807) is 0 Å². The van der Waals surface area contributed by atoms with Gasteiger partial charge < -0.3 is 9.47 Å². The lowest BCUT2D eigenvalue weighted by molar-refractivity contribution is 0.0540. The zero-order valence-electron chi connectivity index (χ0n) is 8.07. The molecule has 76 valence electrons. The predicted octanol–water partition coefficient (Wildman–Crippen LogP) is 2.93. The Bertz CT molecular complexity index is 293. The molecule has 0 unspecified atom stereocenters. The van der Waals surface area contributed by atoms with Crippen molar-refractivity contribution in [1.82, 2.24) is 0 Å². The highest BCUT2D eigenvalue weighted by atomic mass is 79.9. The number of benzene rings is 1. The van der Waals surface area contributed by atoms with Crippen LogP contribution in [-0.2, 0) is 9.47 Å². The van der Waals surface area contributed by atoms with Gasteiger partial charge >= 0.3 is 0 Å². The molecule has 14 heavy (non-hydrogen) atoms. The van der Waals surface area contributed by atoms with Crippen LogP contribution in [-0.4, -0.2) is 19.3 Å². The average molecular weight is 257 g/mol. The van der Waals surface area contributed by atoms with E-state index in [0.29, 0.717) is 12.7 Å². The molecule has 0 aromatic heterocycles. The van der Waals surface area contributed by atoms with E-state index in [4.69, 9.17) is 9.47 Å². The van der Waals surface area contributed by atoms with Crippen molar-refractivity contribution in [3.05, 3.63) is 34.3 Å². The molecule has 2 nitrogen and oxygen atoms in total. The van der Waals surface area contributed by atoms with Crippen LogP contribution in [0.5, 0.6) is 0 Å². The Morgan fingerprint density at radius 3 is 2.71 bits per heavy atom. The minimum atomic E-state index is 0.146. The summed E-state index contributed by atoms with van der Waals surface area (Å²) in [4.78, 5) is 0. The summed E-state index contributed by atoms with van der Waals surface area (Å²) in [6.07, 6.45) is 0.486. The Kier molecular flexibility index (Phi) is 3.21. The third-order valence-electron chi connectivity index (χ3n) is 2.27. The molecular weight excluding hydrogens is 244 g/mol. The first-order valence-corrected chi connectivity index (χ1v) is 5.53. The van der Waals surface area contributed by atoms with Crippen LogP contribution in [0.3, 0.4) is 0 Å². The Balaban J connectivity index is 1.88. The summed E-state index contributed by atoms with van der Waals surface area (Å²) in [5.74, 6) is 0. The molecule has 1 aliphatic heterocycles. The van der Waals surface area contributed by atoms with Crippen molar-refractivity contribution in [3.8, 4) is 0 Å². The number of hydrogen-bond donors (Lipinski definition) is 0. The summed E-state index contributed by atoms with van der Waals surface area (Å²) in [6.45, 7) is 3.62. The minimum absolute atomic E-state index is 0.146. The Hall–Kier alpha value is -0.380. The largest absolute Gasteiger partial charge is 0.371 e. The molecule has 1 aromatic carbocycles. The van der Waals surface area contributed by atoms with Crippen LogP contribution in [0, 0.1) is 0 Å². The third-order valence-corrected chi connectivity index (χ3v) is 2.80. The summed E-state index contributed by atoms with van der Waals surface area (Å²) >= 11 is 3.41. The molecular formula is C11H13BrO2. The normalized spacial score (nSPS) is 22.0. The summed E-state index contributed by atoms with van der Waals surface area (Å²) in [7, 11) is 0. The SMILES string of the molecule is C[C@@H](OC[C@@H]1CO1)c1ccc(Br)cc1. The molecule has 0 aliphatic carbocycles. The Labute approximate surface area is 92.3 Å². The van der Waals surface area contributed by atoms with Crippen molar-refractivity contribution < 1.29 is 9.47 Å². The number of epoxide rings is 1. The van der Waals surface area contributed by atoms with Crippen LogP contribution in [0.25, 0.3) is 0 Å². The van der Waals surface area contributed by atoms with Gasteiger partial charge in [-0.05, 0) is 24.6 Å². The predicted molar refractivity (Wildman–Crippen MR) is 58.2 cm³/mol. The average Bonchev–Trinajstić information content (AvgIpc) is 2.99. The van der Waals surface area contributed by atoms with Crippen molar-refractivity contribution >= 4 is 15.9 Å². The standard InChI is InChI=1S/C11H13BrO2/c1-8(13-6-11-7-14-11)9-2-4-10(12)5-3-9/h2-5,8,11H,6-7H2,1H3/t8-,11-/m1/s1. The van der Waals surface area contributed by atoms with Crippen LogP contribution in [0.2, 0.25) is 0 Å². The van der Waals surface area contributed by atoms with E-state index >= 15 is 0 Å². The van der Waals surface area contributed by atoms with E-state index in [-0.39, 0.29) is 6.10 Å². The second kappa shape index (κ2) is 4.43. The van der Waals surface area contributed by atoms with E-state index in [9.17, 15) is 0 Å². The first-order valence-electron chi connectivity index (χ1n) is 4.74. The molecule has 0 amide bonds. The van der Waals surface area contributed by atoms with Gasteiger partial charge in [-0.25, -0.2) is 0 Å². The molecule has 1 aromatic rings. The highest BCUT2D eigenvalue weighted by molar-refractivity contribution is 9.10. The molecule has 0 N–H and O–H groups in total. The molecule has 0 spiro atoms. The maximum absolute atomic E-state index is 5.65. The van der Waals surface area contributed by atoms with Gasteiger partial charge in [0, 0.05) is 4.47 Å². The second-order valence-electron chi connectivity index (χ2n) is 3.48. The van der Waals surface area contributed by atoms with Gasteiger partial charge in [0.15, 0.2) is 0 Å². The smallest absolute Gasteiger partial charge is 0.104 e. The molecule has 1 saturated heterocycles. The van der Waals surface area contributed by atoms with E-state index in [1.807, 2.05) is 12.1 Å². The van der Waals surface area contributed by atoms with Gasteiger partial charge in [0.05, 0.1) is 19.3 Å². The lowest BCUT2D eigenvalue weighted by atomic mass is 10.1.